The summed E-state index contributed by atoms with van der Waals surface area (Å²) < 4.78 is 11.5. The lowest BCUT2D eigenvalue weighted by atomic mass is 9.90. The number of carbonyl (C=O) groups is 1. The van der Waals surface area contributed by atoms with Gasteiger partial charge >= 0.3 is 0 Å². The van der Waals surface area contributed by atoms with Gasteiger partial charge in [0, 0.05) is 19.0 Å². The minimum Gasteiger partial charge on any atom is -0.381 e. The molecule has 1 aromatic rings. The van der Waals surface area contributed by atoms with E-state index in [0.717, 1.165) is 57.9 Å². The lowest BCUT2D eigenvalue weighted by molar-refractivity contribution is -0.153. The summed E-state index contributed by atoms with van der Waals surface area (Å²) in [6.07, 6.45) is 3.98. The number of rotatable bonds is 6. The SMILES string of the molecule is O=C(Cc1ccc(Cl)c(Cl)c1)N1CCN(CCC2COC2)[C@H]2COC[C@@H](N3CCCC3)[C@@H]21. The third-order valence-electron chi connectivity index (χ3n) is 7.62. The number of benzene rings is 1. The van der Waals surface area contributed by atoms with Crippen molar-refractivity contribution in [2.45, 2.75) is 43.8 Å². The highest BCUT2D eigenvalue weighted by Crippen LogP contribution is 2.31. The van der Waals surface area contributed by atoms with Crippen molar-refractivity contribution in [1.29, 1.82) is 0 Å². The first-order valence-electron chi connectivity index (χ1n) is 12.0. The molecular weight excluding hydrogens is 449 g/mol. The fraction of sp³-hybridized carbons (Fsp3) is 0.708. The Morgan fingerprint density at radius 2 is 1.69 bits per heavy atom. The normalized spacial score (nSPS) is 29.7. The van der Waals surface area contributed by atoms with Gasteiger partial charge in [-0.05, 0) is 56.6 Å². The van der Waals surface area contributed by atoms with E-state index in [2.05, 4.69) is 14.7 Å². The second kappa shape index (κ2) is 10.2. The van der Waals surface area contributed by atoms with Gasteiger partial charge in [-0.3, -0.25) is 14.6 Å². The number of ether oxygens (including phenoxy) is 2. The minimum absolute atomic E-state index is 0.170. The van der Waals surface area contributed by atoms with E-state index in [1.54, 1.807) is 6.07 Å². The lowest BCUT2D eigenvalue weighted by Gasteiger charge is -2.54. The van der Waals surface area contributed by atoms with Crippen molar-refractivity contribution in [2.75, 3.05) is 59.2 Å². The Morgan fingerprint density at radius 3 is 2.41 bits per heavy atom. The van der Waals surface area contributed by atoms with Gasteiger partial charge < -0.3 is 14.4 Å². The first-order chi connectivity index (χ1) is 15.6. The van der Waals surface area contributed by atoms with Gasteiger partial charge in [0.2, 0.25) is 5.91 Å². The summed E-state index contributed by atoms with van der Waals surface area (Å²) in [7, 11) is 0. The smallest absolute Gasteiger partial charge is 0.227 e. The Hall–Kier alpha value is -0.890. The highest BCUT2D eigenvalue weighted by Gasteiger charge is 2.47. The Labute approximate surface area is 200 Å². The van der Waals surface area contributed by atoms with E-state index in [-0.39, 0.29) is 24.0 Å². The molecule has 4 heterocycles. The van der Waals surface area contributed by atoms with Crippen LogP contribution >= 0.6 is 23.2 Å². The summed E-state index contributed by atoms with van der Waals surface area (Å²) in [4.78, 5) is 20.8. The van der Waals surface area contributed by atoms with Crippen LogP contribution in [-0.4, -0.2) is 97.9 Å². The number of nitrogens with zero attached hydrogens (tertiary/aromatic N) is 3. The Kier molecular flexibility index (Phi) is 7.27. The van der Waals surface area contributed by atoms with Gasteiger partial charge in [-0.1, -0.05) is 29.3 Å². The maximum Gasteiger partial charge on any atom is 0.227 e. The summed E-state index contributed by atoms with van der Waals surface area (Å²) in [5.41, 5.74) is 0.915. The zero-order valence-electron chi connectivity index (χ0n) is 18.6. The standard InChI is InChI=1S/C24H33Cl2N3O3/c25-19-4-3-17(11-20(19)26)12-23(30)29-10-9-28(8-5-18-13-31-14-18)22-16-32-15-21(24(22)29)27-6-1-2-7-27/h3-4,11,18,21-22,24H,1-2,5-10,12-16H2/t21-,22+,24+/m1/s1. The molecule has 4 fully saturated rings. The highest BCUT2D eigenvalue weighted by atomic mass is 35.5. The van der Waals surface area contributed by atoms with Gasteiger partial charge in [-0.2, -0.15) is 0 Å². The Bertz CT molecular complexity index is 816. The molecule has 6 nitrogen and oxygen atoms in total. The zero-order valence-corrected chi connectivity index (χ0v) is 20.1. The number of carbonyl (C=O) groups excluding carboxylic acids is 1. The van der Waals surface area contributed by atoms with Crippen LogP contribution in [0.25, 0.3) is 0 Å². The largest absolute Gasteiger partial charge is 0.381 e. The van der Waals surface area contributed by atoms with E-state index in [9.17, 15) is 4.79 Å². The third kappa shape index (κ3) is 4.82. The third-order valence-corrected chi connectivity index (χ3v) is 8.36. The molecular formula is C24H33Cl2N3O3. The van der Waals surface area contributed by atoms with Crippen molar-refractivity contribution in [1.82, 2.24) is 14.7 Å². The average molecular weight is 482 g/mol. The van der Waals surface area contributed by atoms with E-state index in [4.69, 9.17) is 32.7 Å². The van der Waals surface area contributed by atoms with Gasteiger partial charge in [0.25, 0.3) is 0 Å². The van der Waals surface area contributed by atoms with E-state index in [1.807, 2.05) is 12.1 Å². The van der Waals surface area contributed by atoms with Crippen LogP contribution < -0.4 is 0 Å². The van der Waals surface area contributed by atoms with Gasteiger partial charge in [0.1, 0.15) is 0 Å². The van der Waals surface area contributed by atoms with Gasteiger partial charge in [0.15, 0.2) is 0 Å². The van der Waals surface area contributed by atoms with Crippen molar-refractivity contribution in [3.63, 3.8) is 0 Å². The predicted octanol–water partition coefficient (Wildman–Crippen LogP) is 2.95. The molecule has 0 spiro atoms. The number of hydrogen-bond acceptors (Lipinski definition) is 5. The molecule has 0 unspecified atom stereocenters. The maximum atomic E-state index is 13.6. The van der Waals surface area contributed by atoms with Crippen molar-refractivity contribution >= 4 is 29.1 Å². The van der Waals surface area contributed by atoms with Gasteiger partial charge in [-0.25, -0.2) is 0 Å². The molecule has 4 aliphatic rings. The minimum atomic E-state index is 0.170. The van der Waals surface area contributed by atoms with E-state index < -0.39 is 0 Å². The van der Waals surface area contributed by atoms with Gasteiger partial charge in [0.05, 0.1) is 61.0 Å². The predicted molar refractivity (Wildman–Crippen MR) is 125 cm³/mol. The fourth-order valence-electron chi connectivity index (χ4n) is 5.74. The molecule has 1 amide bonds. The highest BCUT2D eigenvalue weighted by molar-refractivity contribution is 6.42. The molecule has 3 atom stereocenters. The molecule has 32 heavy (non-hydrogen) atoms. The maximum absolute atomic E-state index is 13.6. The zero-order chi connectivity index (χ0) is 22.1. The second-order valence-corrected chi connectivity index (χ2v) is 10.5. The first-order valence-corrected chi connectivity index (χ1v) is 12.7. The van der Waals surface area contributed by atoms with Gasteiger partial charge in [-0.15, -0.1) is 0 Å². The molecule has 0 N–H and O–H groups in total. The molecule has 0 radical (unpaired) electrons. The van der Waals surface area contributed by atoms with Crippen LogP contribution in [0.15, 0.2) is 18.2 Å². The van der Waals surface area contributed by atoms with Crippen molar-refractivity contribution < 1.29 is 14.3 Å². The molecule has 4 aliphatic heterocycles. The molecule has 4 saturated heterocycles. The van der Waals surface area contributed by atoms with E-state index in [1.165, 1.54) is 12.8 Å². The Morgan fingerprint density at radius 1 is 0.938 bits per heavy atom. The summed E-state index contributed by atoms with van der Waals surface area (Å²) in [5, 5.41) is 1.02. The van der Waals surface area contributed by atoms with Crippen LogP contribution in [-0.2, 0) is 20.7 Å². The number of likely N-dealkylation sites (tertiary alicyclic amines) is 1. The number of halogens is 2. The van der Waals surface area contributed by atoms with Crippen LogP contribution in [0.1, 0.15) is 24.8 Å². The summed E-state index contributed by atoms with van der Waals surface area (Å²) in [5.74, 6) is 0.859. The monoisotopic (exact) mass is 481 g/mol. The van der Waals surface area contributed by atoms with Crippen molar-refractivity contribution in [3.8, 4) is 0 Å². The number of hydrogen-bond donors (Lipinski definition) is 0. The van der Waals surface area contributed by atoms with Crippen LogP contribution in [0.3, 0.4) is 0 Å². The van der Waals surface area contributed by atoms with Crippen molar-refractivity contribution in [3.05, 3.63) is 33.8 Å². The molecule has 0 aromatic heterocycles. The molecule has 5 rings (SSSR count). The van der Waals surface area contributed by atoms with Crippen LogP contribution in [0, 0.1) is 5.92 Å². The number of amides is 1. The first kappa shape index (κ1) is 22.9. The van der Waals surface area contributed by atoms with Crippen LogP contribution in [0.2, 0.25) is 10.0 Å². The molecule has 176 valence electrons. The van der Waals surface area contributed by atoms with Crippen LogP contribution in [0.4, 0.5) is 0 Å². The molecule has 8 heteroatoms. The molecule has 1 aromatic carbocycles. The van der Waals surface area contributed by atoms with Crippen molar-refractivity contribution in [2.24, 2.45) is 5.92 Å². The number of piperazine rings is 1. The van der Waals surface area contributed by atoms with E-state index in [0.29, 0.717) is 35.6 Å². The number of fused-ring (bicyclic) bond motifs is 1. The van der Waals surface area contributed by atoms with Crippen LogP contribution in [0.5, 0.6) is 0 Å². The molecule has 0 bridgehead atoms. The molecule has 0 saturated carbocycles. The summed E-state index contributed by atoms with van der Waals surface area (Å²) >= 11 is 12.3. The fourth-order valence-corrected chi connectivity index (χ4v) is 6.06. The quantitative estimate of drug-likeness (QED) is 0.624. The second-order valence-electron chi connectivity index (χ2n) is 9.65. The molecule has 0 aliphatic carbocycles. The topological polar surface area (TPSA) is 45.3 Å². The van der Waals surface area contributed by atoms with E-state index >= 15 is 0 Å². The summed E-state index contributed by atoms with van der Waals surface area (Å²) in [6, 6.07) is 6.19. The summed E-state index contributed by atoms with van der Waals surface area (Å²) in [6.45, 7) is 8.13. The average Bonchev–Trinajstić information content (AvgIpc) is 3.29. The Balaban J connectivity index is 1.34. The lowest BCUT2D eigenvalue weighted by Crippen LogP contribution is -2.71.